The summed E-state index contributed by atoms with van der Waals surface area (Å²) in [5, 5.41) is 2.67. The first kappa shape index (κ1) is 24.5. The van der Waals surface area contributed by atoms with E-state index < -0.39 is 27.8 Å². The number of benzene rings is 2. The van der Waals surface area contributed by atoms with Gasteiger partial charge in [0.1, 0.15) is 0 Å². The number of rotatable bonds is 6. The van der Waals surface area contributed by atoms with Crippen molar-refractivity contribution in [1.82, 2.24) is 5.32 Å². The molecule has 32 heavy (non-hydrogen) atoms. The van der Waals surface area contributed by atoms with Gasteiger partial charge in [-0.3, -0.25) is 8.98 Å². The number of aryl methyl sites for hydroxylation is 1. The molecule has 0 aliphatic heterocycles. The average Bonchev–Trinajstić information content (AvgIpc) is 2.73. The Hall–Kier alpha value is -2.10. The molecule has 1 saturated carbocycles. The maximum Gasteiger partial charge on any atom is 0.416 e. The molecule has 1 N–H and O–H groups in total. The Morgan fingerprint density at radius 3 is 2.31 bits per heavy atom. The predicted molar refractivity (Wildman–Crippen MR) is 114 cm³/mol. The standard InChI is InChI=1S/C22H23ClF3NO4S/c1-14-2-9-18(10-3-14)32(29,30)31-13-15-4-7-17(8-5-15)27-21(28)19-12-16(22(24,25)26)6-11-20(19)23/h2-3,6,9-12,15,17H,4-5,7-8,13H2,1H3,(H,27,28)/t15-,17-. The lowest BCUT2D eigenvalue weighted by molar-refractivity contribution is -0.137. The molecule has 0 heterocycles. The molecule has 1 amide bonds. The molecule has 0 saturated heterocycles. The lowest BCUT2D eigenvalue weighted by Gasteiger charge is -2.29. The number of hydrogen-bond donors (Lipinski definition) is 1. The largest absolute Gasteiger partial charge is 0.416 e. The van der Waals surface area contributed by atoms with Crippen LogP contribution in [0.4, 0.5) is 13.2 Å². The molecular weight excluding hydrogens is 467 g/mol. The average molecular weight is 490 g/mol. The van der Waals surface area contributed by atoms with Gasteiger partial charge in [-0.1, -0.05) is 29.3 Å². The number of carbonyl (C=O) groups excluding carboxylic acids is 1. The molecule has 0 aromatic heterocycles. The number of amides is 1. The van der Waals surface area contributed by atoms with Crippen LogP contribution in [-0.4, -0.2) is 27.0 Å². The summed E-state index contributed by atoms with van der Waals surface area (Å²) in [7, 11) is -3.84. The van der Waals surface area contributed by atoms with E-state index in [-0.39, 0.29) is 34.0 Å². The van der Waals surface area contributed by atoms with Crippen molar-refractivity contribution in [2.24, 2.45) is 5.92 Å². The van der Waals surface area contributed by atoms with Crippen LogP contribution in [-0.2, 0) is 20.5 Å². The summed E-state index contributed by atoms with van der Waals surface area (Å²) in [6, 6.07) is 8.77. The van der Waals surface area contributed by atoms with Crippen LogP contribution in [0.2, 0.25) is 5.02 Å². The van der Waals surface area contributed by atoms with Gasteiger partial charge in [0.15, 0.2) is 0 Å². The van der Waals surface area contributed by atoms with Crippen LogP contribution in [0.5, 0.6) is 0 Å². The minimum Gasteiger partial charge on any atom is -0.349 e. The summed E-state index contributed by atoms with van der Waals surface area (Å²) in [5.74, 6) is -0.664. The van der Waals surface area contributed by atoms with Crippen molar-refractivity contribution in [3.05, 3.63) is 64.2 Å². The molecule has 5 nitrogen and oxygen atoms in total. The van der Waals surface area contributed by atoms with Gasteiger partial charge in [-0.05, 0) is 68.9 Å². The molecule has 0 radical (unpaired) electrons. The highest BCUT2D eigenvalue weighted by atomic mass is 35.5. The van der Waals surface area contributed by atoms with E-state index in [1.165, 1.54) is 12.1 Å². The molecule has 0 unspecified atom stereocenters. The highest BCUT2D eigenvalue weighted by Gasteiger charge is 2.32. The Morgan fingerprint density at radius 2 is 1.72 bits per heavy atom. The van der Waals surface area contributed by atoms with Crippen LogP contribution >= 0.6 is 11.6 Å². The quantitative estimate of drug-likeness (QED) is 0.554. The van der Waals surface area contributed by atoms with Gasteiger partial charge in [0.2, 0.25) is 0 Å². The van der Waals surface area contributed by atoms with Gasteiger partial charge in [0.25, 0.3) is 16.0 Å². The van der Waals surface area contributed by atoms with Crippen molar-refractivity contribution in [3.8, 4) is 0 Å². The summed E-state index contributed by atoms with van der Waals surface area (Å²) >= 11 is 5.92. The molecule has 2 aromatic carbocycles. The van der Waals surface area contributed by atoms with Gasteiger partial charge in [0, 0.05) is 6.04 Å². The van der Waals surface area contributed by atoms with Crippen molar-refractivity contribution >= 4 is 27.6 Å². The first-order valence-corrected chi connectivity index (χ1v) is 11.9. The zero-order chi connectivity index (χ0) is 23.5. The van der Waals surface area contributed by atoms with Crippen LogP contribution in [0.3, 0.4) is 0 Å². The summed E-state index contributed by atoms with van der Waals surface area (Å²) < 4.78 is 68.6. The van der Waals surface area contributed by atoms with Crippen LogP contribution < -0.4 is 5.32 Å². The fourth-order valence-electron chi connectivity index (χ4n) is 3.57. The maximum atomic E-state index is 12.9. The second-order valence-corrected chi connectivity index (χ2v) is 9.96. The molecule has 1 aliphatic carbocycles. The van der Waals surface area contributed by atoms with Gasteiger partial charge in [0.05, 0.1) is 27.7 Å². The molecule has 10 heteroatoms. The van der Waals surface area contributed by atoms with E-state index in [1.807, 2.05) is 6.92 Å². The van der Waals surface area contributed by atoms with Crippen LogP contribution in [0, 0.1) is 12.8 Å². The van der Waals surface area contributed by atoms with Crippen LogP contribution in [0.15, 0.2) is 47.4 Å². The highest BCUT2D eigenvalue weighted by molar-refractivity contribution is 7.86. The van der Waals surface area contributed by atoms with E-state index >= 15 is 0 Å². The second-order valence-electron chi connectivity index (χ2n) is 7.94. The van der Waals surface area contributed by atoms with Gasteiger partial charge < -0.3 is 5.32 Å². The summed E-state index contributed by atoms with van der Waals surface area (Å²) in [6.45, 7) is 1.89. The highest BCUT2D eigenvalue weighted by Crippen LogP contribution is 2.32. The van der Waals surface area contributed by atoms with Gasteiger partial charge in [-0.15, -0.1) is 0 Å². The number of nitrogens with one attached hydrogen (secondary N) is 1. The van der Waals surface area contributed by atoms with Crippen LogP contribution in [0.1, 0.15) is 47.2 Å². The topological polar surface area (TPSA) is 72.5 Å². The molecular formula is C22H23ClF3NO4S. The number of halogens is 4. The number of carbonyl (C=O) groups is 1. The Bertz CT molecular complexity index is 1060. The Balaban J connectivity index is 1.52. The Morgan fingerprint density at radius 1 is 1.09 bits per heavy atom. The first-order chi connectivity index (χ1) is 15.0. The zero-order valence-corrected chi connectivity index (χ0v) is 18.9. The molecule has 0 spiro atoms. The van der Waals surface area contributed by atoms with E-state index in [0.717, 1.165) is 23.8 Å². The van der Waals surface area contributed by atoms with Crippen LogP contribution in [0.25, 0.3) is 0 Å². The second kappa shape index (κ2) is 9.80. The molecule has 1 aliphatic rings. The number of hydrogen-bond acceptors (Lipinski definition) is 4. The summed E-state index contributed by atoms with van der Waals surface area (Å²) in [6.07, 6.45) is -2.23. The van der Waals surface area contributed by atoms with E-state index in [2.05, 4.69) is 5.32 Å². The molecule has 3 rings (SSSR count). The fraction of sp³-hybridized carbons (Fsp3) is 0.409. The fourth-order valence-corrected chi connectivity index (χ4v) is 4.75. The monoisotopic (exact) mass is 489 g/mol. The summed E-state index contributed by atoms with van der Waals surface area (Å²) in [5.41, 5.74) is -0.227. The van der Waals surface area contributed by atoms with Crippen molar-refractivity contribution < 1.29 is 30.6 Å². The Labute approximate surface area is 190 Å². The lowest BCUT2D eigenvalue weighted by atomic mass is 9.86. The van der Waals surface area contributed by atoms with Gasteiger partial charge in [-0.2, -0.15) is 21.6 Å². The zero-order valence-electron chi connectivity index (χ0n) is 17.3. The van der Waals surface area contributed by atoms with E-state index in [0.29, 0.717) is 25.7 Å². The van der Waals surface area contributed by atoms with Gasteiger partial charge in [-0.25, -0.2) is 0 Å². The smallest absolute Gasteiger partial charge is 0.349 e. The van der Waals surface area contributed by atoms with Crippen molar-refractivity contribution in [1.29, 1.82) is 0 Å². The lowest BCUT2D eigenvalue weighted by Crippen LogP contribution is -2.38. The molecule has 1 fully saturated rings. The van der Waals surface area contributed by atoms with E-state index in [9.17, 15) is 26.4 Å². The van der Waals surface area contributed by atoms with Gasteiger partial charge >= 0.3 is 6.18 Å². The minimum atomic E-state index is -4.57. The third-order valence-electron chi connectivity index (χ3n) is 5.49. The summed E-state index contributed by atoms with van der Waals surface area (Å²) in [4.78, 5) is 12.6. The van der Waals surface area contributed by atoms with E-state index in [4.69, 9.17) is 15.8 Å². The van der Waals surface area contributed by atoms with Crippen molar-refractivity contribution in [3.63, 3.8) is 0 Å². The molecule has 174 valence electrons. The Kier molecular flexibility index (Phi) is 7.52. The number of alkyl halides is 3. The predicted octanol–water partition coefficient (Wildman–Crippen LogP) is 5.36. The molecule has 0 bridgehead atoms. The normalized spacial score (nSPS) is 19.5. The third kappa shape index (κ3) is 6.24. The third-order valence-corrected chi connectivity index (χ3v) is 7.11. The maximum absolute atomic E-state index is 12.9. The van der Waals surface area contributed by atoms with Crippen molar-refractivity contribution in [2.75, 3.05) is 6.61 Å². The van der Waals surface area contributed by atoms with E-state index in [1.54, 1.807) is 12.1 Å². The SMILES string of the molecule is Cc1ccc(S(=O)(=O)OC[C@H]2CC[C@H](NC(=O)c3cc(C(F)(F)F)ccc3Cl)CC2)cc1. The molecule has 2 aromatic rings. The van der Waals surface area contributed by atoms with Crippen molar-refractivity contribution in [2.45, 2.75) is 49.7 Å². The first-order valence-electron chi connectivity index (χ1n) is 10.1. The molecule has 0 atom stereocenters. The minimum absolute atomic E-state index is 0.000482.